The van der Waals surface area contributed by atoms with Crippen LogP contribution in [0.15, 0.2) is 54.6 Å². The van der Waals surface area contributed by atoms with E-state index in [1.807, 2.05) is 54.6 Å². The first-order valence-electron chi connectivity index (χ1n) is 12.2. The lowest BCUT2D eigenvalue weighted by Gasteiger charge is -2.27. The van der Waals surface area contributed by atoms with Gasteiger partial charge in [0.05, 0.1) is 6.10 Å². The van der Waals surface area contributed by atoms with E-state index in [1.165, 1.54) is 0 Å². The van der Waals surface area contributed by atoms with Crippen LogP contribution in [-0.4, -0.2) is 53.7 Å². The van der Waals surface area contributed by atoms with Crippen LogP contribution in [-0.2, 0) is 19.1 Å². The van der Waals surface area contributed by atoms with E-state index in [2.05, 4.69) is 0 Å². The van der Waals surface area contributed by atoms with E-state index in [0.717, 1.165) is 25.0 Å². The summed E-state index contributed by atoms with van der Waals surface area (Å²) < 4.78 is 17.8. The van der Waals surface area contributed by atoms with Gasteiger partial charge in [-0.05, 0) is 50.7 Å². The number of benzene rings is 1. The molecular weight excluding hydrogens is 436 g/mol. The first kappa shape index (κ1) is 26.1. The van der Waals surface area contributed by atoms with Crippen molar-refractivity contribution in [2.45, 2.75) is 69.9 Å². The van der Waals surface area contributed by atoms with Crippen LogP contribution >= 0.6 is 0 Å². The number of carbonyl (C=O) groups is 2. The normalized spacial score (nSPS) is 26.3. The van der Waals surface area contributed by atoms with Crippen molar-refractivity contribution in [3.63, 3.8) is 0 Å². The Morgan fingerprint density at radius 1 is 1.21 bits per heavy atom. The van der Waals surface area contributed by atoms with Crippen LogP contribution in [0.5, 0.6) is 5.75 Å². The average molecular weight is 473 g/mol. The molecule has 1 saturated carbocycles. The van der Waals surface area contributed by atoms with Gasteiger partial charge in [-0.2, -0.15) is 0 Å². The second-order valence-electron chi connectivity index (χ2n) is 8.90. The smallest absolute Gasteiger partial charge is 0.303 e. The van der Waals surface area contributed by atoms with E-state index in [0.29, 0.717) is 25.9 Å². The number of ketones is 1. The van der Waals surface area contributed by atoms with Crippen LogP contribution in [0.1, 0.15) is 51.4 Å². The number of hydrogen-bond acceptors (Lipinski definition) is 6. The van der Waals surface area contributed by atoms with E-state index in [1.54, 1.807) is 0 Å². The molecule has 1 unspecified atom stereocenters. The number of aliphatic carboxylic acids is 1. The van der Waals surface area contributed by atoms with Gasteiger partial charge >= 0.3 is 5.97 Å². The van der Waals surface area contributed by atoms with Crippen LogP contribution in [0.25, 0.3) is 0 Å². The molecule has 0 spiro atoms. The van der Waals surface area contributed by atoms with Gasteiger partial charge in [-0.3, -0.25) is 9.59 Å². The van der Waals surface area contributed by atoms with Crippen molar-refractivity contribution < 1.29 is 34.0 Å². The Bertz CT molecular complexity index is 814. The van der Waals surface area contributed by atoms with Gasteiger partial charge in [-0.1, -0.05) is 42.5 Å². The highest BCUT2D eigenvalue weighted by Crippen LogP contribution is 2.33. The largest absolute Gasteiger partial charge is 0.491 e. The summed E-state index contributed by atoms with van der Waals surface area (Å²) in [4.78, 5) is 23.2. The van der Waals surface area contributed by atoms with Gasteiger partial charge < -0.3 is 24.4 Å². The second kappa shape index (κ2) is 14.0. The van der Waals surface area contributed by atoms with Crippen molar-refractivity contribution in [3.8, 4) is 5.75 Å². The SMILES string of the molecule is O=C(O)CCCC=CC[C@H]1[C@@H](O)CC(=O)[C@@H]1C=C[C@@H](COc1ccccc1)OC1CCCCO1. The van der Waals surface area contributed by atoms with Gasteiger partial charge in [0, 0.05) is 31.3 Å². The molecule has 0 amide bonds. The van der Waals surface area contributed by atoms with Gasteiger partial charge in [0.2, 0.25) is 0 Å². The fourth-order valence-corrected chi connectivity index (χ4v) is 4.36. The first-order valence-corrected chi connectivity index (χ1v) is 12.2. The Kier molecular flexibility index (Phi) is 10.8. The molecule has 2 aliphatic rings. The molecule has 5 atom stereocenters. The maximum atomic E-state index is 12.6. The molecule has 3 rings (SSSR count). The molecule has 34 heavy (non-hydrogen) atoms. The zero-order valence-corrected chi connectivity index (χ0v) is 19.6. The lowest BCUT2D eigenvalue weighted by atomic mass is 9.90. The topological polar surface area (TPSA) is 102 Å². The van der Waals surface area contributed by atoms with Crippen molar-refractivity contribution in [2.75, 3.05) is 13.2 Å². The molecule has 1 aromatic rings. The highest BCUT2D eigenvalue weighted by atomic mass is 16.7. The summed E-state index contributed by atoms with van der Waals surface area (Å²) in [6.45, 7) is 0.965. The number of carbonyl (C=O) groups excluding carboxylic acids is 1. The monoisotopic (exact) mass is 472 g/mol. The molecule has 1 saturated heterocycles. The van der Waals surface area contributed by atoms with E-state index in [-0.39, 0.29) is 43.5 Å². The molecule has 1 heterocycles. The summed E-state index contributed by atoms with van der Waals surface area (Å²) in [5.41, 5.74) is 0. The van der Waals surface area contributed by atoms with Gasteiger partial charge in [0.25, 0.3) is 0 Å². The number of allylic oxidation sites excluding steroid dienone is 3. The third-order valence-corrected chi connectivity index (χ3v) is 6.23. The van der Waals surface area contributed by atoms with Crippen molar-refractivity contribution in [1.29, 1.82) is 0 Å². The Morgan fingerprint density at radius 3 is 2.76 bits per heavy atom. The highest BCUT2D eigenvalue weighted by molar-refractivity contribution is 5.86. The summed E-state index contributed by atoms with van der Waals surface area (Å²) >= 11 is 0. The lowest BCUT2D eigenvalue weighted by Crippen LogP contribution is -2.30. The van der Waals surface area contributed by atoms with Crippen LogP contribution in [0.4, 0.5) is 0 Å². The Labute approximate surface area is 201 Å². The Morgan fingerprint density at radius 2 is 2.03 bits per heavy atom. The molecule has 0 bridgehead atoms. The molecule has 2 fully saturated rings. The van der Waals surface area contributed by atoms with E-state index in [9.17, 15) is 14.7 Å². The number of carboxylic acids is 1. The molecule has 1 aliphatic carbocycles. The number of rotatable bonds is 13. The fraction of sp³-hybridized carbons (Fsp3) is 0.556. The molecule has 7 nitrogen and oxygen atoms in total. The number of Topliss-reactive ketones (excluding diaryl/α,β-unsaturated/α-hetero) is 1. The minimum Gasteiger partial charge on any atom is -0.491 e. The molecule has 7 heteroatoms. The zero-order valence-electron chi connectivity index (χ0n) is 19.6. The van der Waals surface area contributed by atoms with Crippen LogP contribution < -0.4 is 4.74 Å². The summed E-state index contributed by atoms with van der Waals surface area (Å²) in [7, 11) is 0. The third kappa shape index (κ3) is 8.70. The molecular formula is C27H36O7. The molecule has 2 N–H and O–H groups in total. The van der Waals surface area contributed by atoms with E-state index < -0.39 is 18.0 Å². The molecule has 186 valence electrons. The average Bonchev–Trinajstić information content (AvgIpc) is 3.11. The number of carboxylic acid groups (broad SMARTS) is 1. The number of hydrogen-bond donors (Lipinski definition) is 2. The zero-order chi connectivity index (χ0) is 24.2. The number of aliphatic hydroxyl groups excluding tert-OH is 1. The van der Waals surface area contributed by atoms with Gasteiger partial charge in [-0.25, -0.2) is 0 Å². The lowest BCUT2D eigenvalue weighted by molar-refractivity contribution is -0.182. The predicted molar refractivity (Wildman–Crippen MR) is 127 cm³/mol. The summed E-state index contributed by atoms with van der Waals surface area (Å²) in [6.07, 6.45) is 11.2. The fourth-order valence-electron chi connectivity index (χ4n) is 4.36. The predicted octanol–water partition coefficient (Wildman–Crippen LogP) is 4.30. The first-order chi connectivity index (χ1) is 16.5. The van der Waals surface area contributed by atoms with Gasteiger partial charge in [-0.15, -0.1) is 0 Å². The maximum absolute atomic E-state index is 12.6. The molecule has 0 aromatic heterocycles. The number of unbranched alkanes of at least 4 members (excludes halogenated alkanes) is 1. The standard InChI is InChI=1S/C27H36O7/c28-24-18-25(29)23(22(24)12-6-1-2-7-13-26(30)31)16-15-21(34-27-14-8-9-17-32-27)19-33-20-10-4-3-5-11-20/h1,3-6,10-11,15-16,21-24,27-28H,2,7-9,12-14,17-19H2,(H,30,31)/t21-,22+,23+,24-,27?/m0/s1. The molecule has 1 aromatic carbocycles. The minimum absolute atomic E-state index is 0.0182. The number of aliphatic hydroxyl groups is 1. The molecule has 0 radical (unpaired) electrons. The van der Waals surface area contributed by atoms with Crippen LogP contribution in [0.2, 0.25) is 0 Å². The van der Waals surface area contributed by atoms with Gasteiger partial charge in [0.1, 0.15) is 24.2 Å². The number of para-hydroxylation sites is 1. The summed E-state index contributed by atoms with van der Waals surface area (Å²) in [6, 6.07) is 9.50. The minimum atomic E-state index is -0.804. The van der Waals surface area contributed by atoms with Crippen molar-refractivity contribution in [3.05, 3.63) is 54.6 Å². The van der Waals surface area contributed by atoms with Crippen molar-refractivity contribution in [1.82, 2.24) is 0 Å². The summed E-state index contributed by atoms with van der Waals surface area (Å²) in [5, 5.41) is 19.2. The van der Waals surface area contributed by atoms with Crippen LogP contribution in [0.3, 0.4) is 0 Å². The number of ether oxygens (including phenoxy) is 3. The second-order valence-corrected chi connectivity index (χ2v) is 8.90. The quantitative estimate of drug-likeness (QED) is 0.326. The Balaban J connectivity index is 1.60. The van der Waals surface area contributed by atoms with E-state index >= 15 is 0 Å². The van der Waals surface area contributed by atoms with E-state index in [4.69, 9.17) is 19.3 Å². The third-order valence-electron chi connectivity index (χ3n) is 6.23. The summed E-state index contributed by atoms with van der Waals surface area (Å²) in [5.74, 6) is -0.645. The van der Waals surface area contributed by atoms with Crippen molar-refractivity contribution >= 4 is 11.8 Å². The molecule has 1 aliphatic heterocycles. The van der Waals surface area contributed by atoms with Gasteiger partial charge in [0.15, 0.2) is 6.29 Å². The highest BCUT2D eigenvalue weighted by Gasteiger charge is 2.39. The Hall–Kier alpha value is -2.48. The van der Waals surface area contributed by atoms with Crippen LogP contribution in [0, 0.1) is 11.8 Å². The maximum Gasteiger partial charge on any atom is 0.303 e. The van der Waals surface area contributed by atoms with Crippen molar-refractivity contribution in [2.24, 2.45) is 11.8 Å².